The predicted octanol–water partition coefficient (Wildman–Crippen LogP) is 3.97. The van der Waals surface area contributed by atoms with Gasteiger partial charge in [-0.15, -0.1) is 0 Å². The second kappa shape index (κ2) is 6.25. The number of halogens is 2. The fourth-order valence-electron chi connectivity index (χ4n) is 2.66. The highest BCUT2D eigenvalue weighted by atomic mass is 35.5. The molecule has 4 heteroatoms. The van der Waals surface area contributed by atoms with Gasteiger partial charge in [-0.1, -0.05) is 42.5 Å². The Morgan fingerprint density at radius 1 is 1.06 bits per heavy atom. The zero-order chi connectivity index (χ0) is 13.1. The average molecular weight is 289 g/mol. The van der Waals surface area contributed by atoms with E-state index in [2.05, 4.69) is 0 Å². The van der Waals surface area contributed by atoms with Crippen molar-refractivity contribution in [3.8, 4) is 0 Å². The van der Waals surface area contributed by atoms with Crippen LogP contribution < -0.4 is 0 Å². The summed E-state index contributed by atoms with van der Waals surface area (Å²) in [6.45, 7) is 0. The lowest BCUT2D eigenvalue weighted by molar-refractivity contribution is -0.0285. The smallest absolute Gasteiger partial charge is 0.107 e. The summed E-state index contributed by atoms with van der Waals surface area (Å²) >= 11 is 11.9. The summed E-state index contributed by atoms with van der Waals surface area (Å²) in [5, 5.41) is 21.5. The molecule has 18 heavy (non-hydrogen) atoms. The second-order valence-electron chi connectivity index (χ2n) is 5.00. The van der Waals surface area contributed by atoms with Crippen molar-refractivity contribution in [1.82, 2.24) is 0 Å². The van der Waals surface area contributed by atoms with E-state index < -0.39 is 12.2 Å². The van der Waals surface area contributed by atoms with E-state index >= 15 is 0 Å². The van der Waals surface area contributed by atoms with Crippen LogP contribution in [0.3, 0.4) is 0 Å². The van der Waals surface area contributed by atoms with E-state index in [1.165, 1.54) is 6.42 Å². The molecule has 2 N–H and O–H groups in total. The molecule has 0 bridgehead atoms. The van der Waals surface area contributed by atoms with Gasteiger partial charge in [-0.3, -0.25) is 0 Å². The van der Waals surface area contributed by atoms with Crippen molar-refractivity contribution in [1.29, 1.82) is 0 Å². The number of hydrogen-bond donors (Lipinski definition) is 2. The number of hydrogen-bond acceptors (Lipinski definition) is 2. The molecule has 0 amide bonds. The Morgan fingerprint density at radius 2 is 1.72 bits per heavy atom. The zero-order valence-corrected chi connectivity index (χ0v) is 11.7. The van der Waals surface area contributed by atoms with Crippen LogP contribution >= 0.6 is 23.2 Å². The lowest BCUT2D eigenvalue weighted by Gasteiger charge is -2.30. The molecule has 2 nitrogen and oxygen atoms in total. The Kier molecular flexibility index (Phi) is 4.91. The number of rotatable bonds is 3. The minimum absolute atomic E-state index is 0.156. The molecule has 2 rings (SSSR count). The van der Waals surface area contributed by atoms with Gasteiger partial charge in [0.25, 0.3) is 0 Å². The summed E-state index contributed by atoms with van der Waals surface area (Å²) in [4.78, 5) is 0. The topological polar surface area (TPSA) is 40.5 Å². The molecule has 1 fully saturated rings. The van der Waals surface area contributed by atoms with Crippen LogP contribution in [0.15, 0.2) is 18.2 Å². The van der Waals surface area contributed by atoms with Crippen molar-refractivity contribution < 1.29 is 10.2 Å². The normalized spacial score (nSPS) is 20.7. The van der Waals surface area contributed by atoms with Crippen molar-refractivity contribution in [3.05, 3.63) is 33.8 Å². The van der Waals surface area contributed by atoms with Crippen LogP contribution in [-0.4, -0.2) is 16.3 Å². The van der Waals surface area contributed by atoms with Crippen LogP contribution in [0.5, 0.6) is 0 Å². The van der Waals surface area contributed by atoms with Gasteiger partial charge in [0.1, 0.15) is 6.10 Å². The molecule has 0 radical (unpaired) electrons. The van der Waals surface area contributed by atoms with E-state index in [-0.39, 0.29) is 5.92 Å². The highest BCUT2D eigenvalue weighted by Gasteiger charge is 2.29. The van der Waals surface area contributed by atoms with Gasteiger partial charge < -0.3 is 10.2 Å². The van der Waals surface area contributed by atoms with Gasteiger partial charge in [0.2, 0.25) is 0 Å². The largest absolute Gasteiger partial charge is 0.390 e. The molecule has 0 heterocycles. The van der Waals surface area contributed by atoms with Gasteiger partial charge in [-0.25, -0.2) is 0 Å². The van der Waals surface area contributed by atoms with Gasteiger partial charge in [-0.05, 0) is 37.0 Å². The molecule has 2 unspecified atom stereocenters. The molecule has 1 aliphatic rings. The quantitative estimate of drug-likeness (QED) is 0.884. The number of benzene rings is 1. The maximum Gasteiger partial charge on any atom is 0.107 e. The number of aliphatic hydroxyl groups excluding tert-OH is 2. The lowest BCUT2D eigenvalue weighted by Crippen LogP contribution is -2.29. The summed E-state index contributed by atoms with van der Waals surface area (Å²) in [6, 6.07) is 4.95. The highest BCUT2D eigenvalue weighted by molar-refractivity contribution is 6.33. The van der Waals surface area contributed by atoms with Crippen molar-refractivity contribution >= 4 is 23.2 Å². The van der Waals surface area contributed by atoms with Gasteiger partial charge in [0.05, 0.1) is 6.10 Å². The third kappa shape index (κ3) is 3.18. The Labute approximate surface area is 118 Å². The molecule has 1 aromatic rings. The standard InChI is InChI=1S/C14H18Cl2O2/c15-10-6-7-12(16)11(8-10)14(18)13(17)9-4-2-1-3-5-9/h6-9,13-14,17-18H,1-5H2. The Balaban J connectivity index is 2.13. The van der Waals surface area contributed by atoms with Gasteiger partial charge in [-0.2, -0.15) is 0 Å². The zero-order valence-electron chi connectivity index (χ0n) is 10.1. The molecule has 1 saturated carbocycles. The first kappa shape index (κ1) is 14.1. The van der Waals surface area contributed by atoms with Gasteiger partial charge >= 0.3 is 0 Å². The van der Waals surface area contributed by atoms with E-state index in [0.717, 1.165) is 25.7 Å². The molecule has 1 aromatic carbocycles. The monoisotopic (exact) mass is 288 g/mol. The molecule has 0 saturated heterocycles. The number of aliphatic hydroxyl groups is 2. The summed E-state index contributed by atoms with van der Waals surface area (Å²) in [5.41, 5.74) is 0.516. The molecule has 0 aromatic heterocycles. The van der Waals surface area contributed by atoms with Crippen LogP contribution in [0.2, 0.25) is 10.0 Å². The van der Waals surface area contributed by atoms with E-state index in [4.69, 9.17) is 23.2 Å². The maximum atomic E-state index is 10.3. The Hall–Kier alpha value is -0.280. The maximum absolute atomic E-state index is 10.3. The fraction of sp³-hybridized carbons (Fsp3) is 0.571. The average Bonchev–Trinajstić information content (AvgIpc) is 2.41. The van der Waals surface area contributed by atoms with E-state index in [9.17, 15) is 10.2 Å². The molecule has 1 aliphatic carbocycles. The van der Waals surface area contributed by atoms with Crippen molar-refractivity contribution in [2.75, 3.05) is 0 Å². The summed E-state index contributed by atoms with van der Waals surface area (Å²) in [5.74, 6) is 0.156. The molecule has 0 aliphatic heterocycles. The molecule has 0 spiro atoms. The van der Waals surface area contributed by atoms with Crippen LogP contribution in [0.25, 0.3) is 0 Å². The fourth-order valence-corrected chi connectivity index (χ4v) is 3.07. The van der Waals surface area contributed by atoms with Crippen LogP contribution in [0.4, 0.5) is 0 Å². The SMILES string of the molecule is OC(c1cc(Cl)ccc1Cl)C(O)C1CCCCC1. The Morgan fingerprint density at radius 3 is 2.39 bits per heavy atom. The first-order valence-corrected chi connectivity index (χ1v) is 7.16. The van der Waals surface area contributed by atoms with Crippen LogP contribution in [-0.2, 0) is 0 Å². The third-order valence-electron chi connectivity index (χ3n) is 3.73. The van der Waals surface area contributed by atoms with Crippen molar-refractivity contribution in [3.63, 3.8) is 0 Å². The minimum Gasteiger partial charge on any atom is -0.390 e. The minimum atomic E-state index is -0.959. The first-order chi connectivity index (χ1) is 8.59. The molecular weight excluding hydrogens is 271 g/mol. The summed E-state index contributed by atoms with van der Waals surface area (Å²) < 4.78 is 0. The molecular formula is C14H18Cl2O2. The van der Waals surface area contributed by atoms with Crippen LogP contribution in [0.1, 0.15) is 43.8 Å². The van der Waals surface area contributed by atoms with E-state index in [1.807, 2.05) is 0 Å². The lowest BCUT2D eigenvalue weighted by atomic mass is 9.82. The molecule has 100 valence electrons. The summed E-state index contributed by atoms with van der Waals surface area (Å²) in [7, 11) is 0. The van der Waals surface area contributed by atoms with Gasteiger partial charge in [0.15, 0.2) is 0 Å². The van der Waals surface area contributed by atoms with Crippen molar-refractivity contribution in [2.45, 2.75) is 44.3 Å². The Bertz CT molecular complexity index is 403. The van der Waals surface area contributed by atoms with E-state index in [0.29, 0.717) is 15.6 Å². The van der Waals surface area contributed by atoms with Crippen molar-refractivity contribution in [2.24, 2.45) is 5.92 Å². The van der Waals surface area contributed by atoms with Gasteiger partial charge in [0, 0.05) is 15.6 Å². The van der Waals surface area contributed by atoms with Crippen LogP contribution in [0, 0.1) is 5.92 Å². The second-order valence-corrected chi connectivity index (χ2v) is 5.84. The summed E-state index contributed by atoms with van der Waals surface area (Å²) in [6.07, 6.45) is 3.68. The first-order valence-electron chi connectivity index (χ1n) is 6.40. The molecule has 2 atom stereocenters. The third-order valence-corrected chi connectivity index (χ3v) is 4.31. The van der Waals surface area contributed by atoms with E-state index in [1.54, 1.807) is 18.2 Å². The predicted molar refractivity (Wildman–Crippen MR) is 74.0 cm³/mol. The highest BCUT2D eigenvalue weighted by Crippen LogP contribution is 2.35.